The van der Waals surface area contributed by atoms with Gasteiger partial charge in [0.25, 0.3) is 0 Å². The fraction of sp³-hybridized carbons (Fsp3) is 0.188. The van der Waals surface area contributed by atoms with Crippen molar-refractivity contribution in [3.8, 4) is 5.75 Å². The number of rotatable bonds is 6. The molecule has 0 heterocycles. The minimum atomic E-state index is -3.70. The summed E-state index contributed by atoms with van der Waals surface area (Å²) >= 11 is 0. The largest absolute Gasteiger partial charge is 0.496 e. The summed E-state index contributed by atoms with van der Waals surface area (Å²) in [4.78, 5) is 12.0. The third-order valence-corrected chi connectivity index (χ3v) is 4.21. The van der Waals surface area contributed by atoms with E-state index in [4.69, 9.17) is 9.88 Å². The topological polar surface area (TPSA) is 98.5 Å². The van der Waals surface area contributed by atoms with Gasteiger partial charge in [-0.1, -0.05) is 30.3 Å². The fourth-order valence-electron chi connectivity index (χ4n) is 2.08. The van der Waals surface area contributed by atoms with E-state index in [2.05, 4.69) is 5.32 Å². The van der Waals surface area contributed by atoms with Crippen LogP contribution in [0.4, 0.5) is 0 Å². The molecular formula is C16H18N2O4S. The van der Waals surface area contributed by atoms with Gasteiger partial charge in [0.05, 0.1) is 18.4 Å². The molecule has 0 saturated heterocycles. The van der Waals surface area contributed by atoms with Crippen LogP contribution in [0.1, 0.15) is 11.1 Å². The van der Waals surface area contributed by atoms with Crippen molar-refractivity contribution < 1.29 is 17.9 Å². The number of hydrogen-bond acceptors (Lipinski definition) is 4. The van der Waals surface area contributed by atoms with Crippen LogP contribution in [-0.2, 0) is 27.8 Å². The van der Waals surface area contributed by atoms with E-state index in [0.717, 1.165) is 11.1 Å². The second kappa shape index (κ2) is 7.26. The maximum Gasteiger partial charge on any atom is 0.238 e. The Bertz CT molecular complexity index is 786. The Kier molecular flexibility index (Phi) is 5.36. The van der Waals surface area contributed by atoms with E-state index in [1.54, 1.807) is 25.3 Å². The average molecular weight is 334 g/mol. The van der Waals surface area contributed by atoms with Crippen molar-refractivity contribution in [2.75, 3.05) is 7.11 Å². The van der Waals surface area contributed by atoms with Gasteiger partial charge >= 0.3 is 0 Å². The lowest BCUT2D eigenvalue weighted by atomic mass is 10.1. The quantitative estimate of drug-likeness (QED) is 0.829. The van der Waals surface area contributed by atoms with Crippen molar-refractivity contribution in [3.05, 3.63) is 59.7 Å². The number of carbonyl (C=O) groups is 1. The van der Waals surface area contributed by atoms with E-state index in [0.29, 0.717) is 12.3 Å². The van der Waals surface area contributed by atoms with Gasteiger partial charge in [-0.2, -0.15) is 0 Å². The lowest BCUT2D eigenvalue weighted by Crippen LogP contribution is -2.24. The SMILES string of the molecule is COc1ccccc1CC(=O)NCc1ccc(S(N)(=O)=O)cc1. The van der Waals surface area contributed by atoms with E-state index >= 15 is 0 Å². The molecule has 0 aliphatic carbocycles. The molecule has 3 N–H and O–H groups in total. The zero-order chi connectivity index (χ0) is 16.9. The van der Waals surface area contributed by atoms with Gasteiger partial charge < -0.3 is 10.1 Å². The molecule has 0 atom stereocenters. The maximum absolute atomic E-state index is 12.0. The van der Waals surface area contributed by atoms with Crippen molar-refractivity contribution in [3.63, 3.8) is 0 Å². The normalized spacial score (nSPS) is 11.0. The molecule has 1 amide bonds. The molecule has 0 aliphatic rings. The third-order valence-electron chi connectivity index (χ3n) is 3.29. The van der Waals surface area contributed by atoms with Crippen LogP contribution in [0.15, 0.2) is 53.4 Å². The van der Waals surface area contributed by atoms with Crippen LogP contribution in [-0.4, -0.2) is 21.4 Å². The van der Waals surface area contributed by atoms with Crippen molar-refractivity contribution >= 4 is 15.9 Å². The number of methoxy groups -OCH3 is 1. The number of amides is 1. The van der Waals surface area contributed by atoms with E-state index in [1.165, 1.54) is 12.1 Å². The molecule has 0 bridgehead atoms. The first kappa shape index (κ1) is 17.0. The zero-order valence-electron chi connectivity index (χ0n) is 12.7. The van der Waals surface area contributed by atoms with Crippen molar-refractivity contribution in [1.29, 1.82) is 0 Å². The summed E-state index contributed by atoms with van der Waals surface area (Å²) in [7, 11) is -2.14. The number of benzene rings is 2. The Morgan fingerprint density at radius 3 is 2.39 bits per heavy atom. The van der Waals surface area contributed by atoms with E-state index < -0.39 is 10.0 Å². The summed E-state index contributed by atoms with van der Waals surface area (Å²) in [6.07, 6.45) is 0.208. The highest BCUT2D eigenvalue weighted by atomic mass is 32.2. The Morgan fingerprint density at radius 2 is 1.78 bits per heavy atom. The van der Waals surface area contributed by atoms with Crippen LogP contribution in [0, 0.1) is 0 Å². The van der Waals surface area contributed by atoms with Gasteiger partial charge in [-0.15, -0.1) is 0 Å². The first-order valence-corrected chi connectivity index (χ1v) is 8.45. The lowest BCUT2D eigenvalue weighted by molar-refractivity contribution is -0.120. The van der Waals surface area contributed by atoms with Crippen molar-refractivity contribution in [2.24, 2.45) is 5.14 Å². The molecule has 2 aromatic rings. The predicted octanol–water partition coefficient (Wildman–Crippen LogP) is 1.20. The van der Waals surface area contributed by atoms with Gasteiger partial charge in [0, 0.05) is 12.1 Å². The number of primary sulfonamides is 1. The first-order chi connectivity index (χ1) is 10.9. The summed E-state index contributed by atoms with van der Waals surface area (Å²) in [5.74, 6) is 0.519. The number of sulfonamides is 1. The smallest absolute Gasteiger partial charge is 0.238 e. The minimum Gasteiger partial charge on any atom is -0.496 e. The molecule has 122 valence electrons. The van der Waals surface area contributed by atoms with Crippen LogP contribution in [0.2, 0.25) is 0 Å². The Hall–Kier alpha value is -2.38. The molecule has 0 fully saturated rings. The Labute approximate surface area is 135 Å². The highest BCUT2D eigenvalue weighted by Gasteiger charge is 2.09. The molecule has 0 aromatic heterocycles. The first-order valence-electron chi connectivity index (χ1n) is 6.90. The minimum absolute atomic E-state index is 0.0431. The van der Waals surface area contributed by atoms with Crippen molar-refractivity contribution in [2.45, 2.75) is 17.9 Å². The number of ether oxygens (including phenoxy) is 1. The van der Waals surface area contributed by atoms with Gasteiger partial charge in [-0.25, -0.2) is 13.6 Å². The van der Waals surface area contributed by atoms with E-state index in [-0.39, 0.29) is 17.2 Å². The second-order valence-electron chi connectivity index (χ2n) is 4.95. The zero-order valence-corrected chi connectivity index (χ0v) is 13.5. The molecule has 0 saturated carbocycles. The molecular weight excluding hydrogens is 316 g/mol. The van der Waals surface area contributed by atoms with E-state index in [1.807, 2.05) is 18.2 Å². The third kappa shape index (κ3) is 4.80. The lowest BCUT2D eigenvalue weighted by Gasteiger charge is -2.09. The molecule has 2 aromatic carbocycles. The van der Waals surface area contributed by atoms with Gasteiger partial charge in [-0.05, 0) is 23.8 Å². The molecule has 6 nitrogen and oxygen atoms in total. The number of nitrogens with one attached hydrogen (secondary N) is 1. The van der Waals surface area contributed by atoms with Gasteiger partial charge in [0.15, 0.2) is 0 Å². The molecule has 2 rings (SSSR count). The van der Waals surface area contributed by atoms with Crippen LogP contribution >= 0.6 is 0 Å². The van der Waals surface area contributed by atoms with Crippen LogP contribution < -0.4 is 15.2 Å². The van der Waals surface area contributed by atoms with Crippen LogP contribution in [0.5, 0.6) is 5.75 Å². The monoisotopic (exact) mass is 334 g/mol. The predicted molar refractivity (Wildman–Crippen MR) is 86.4 cm³/mol. The number of para-hydroxylation sites is 1. The summed E-state index contributed by atoms with van der Waals surface area (Å²) in [6, 6.07) is 13.4. The van der Waals surface area contributed by atoms with Crippen LogP contribution in [0.3, 0.4) is 0 Å². The number of hydrogen-bond donors (Lipinski definition) is 2. The fourth-order valence-corrected chi connectivity index (χ4v) is 2.60. The molecule has 23 heavy (non-hydrogen) atoms. The summed E-state index contributed by atoms with van der Waals surface area (Å²) in [6.45, 7) is 0.304. The molecule has 0 spiro atoms. The standard InChI is InChI=1S/C16H18N2O4S/c1-22-15-5-3-2-4-13(15)10-16(19)18-11-12-6-8-14(9-7-12)23(17,20)21/h2-9H,10-11H2,1H3,(H,18,19)(H2,17,20,21). The maximum atomic E-state index is 12.0. The van der Waals surface area contributed by atoms with Gasteiger partial charge in [0.1, 0.15) is 5.75 Å². The molecule has 0 aliphatic heterocycles. The van der Waals surface area contributed by atoms with E-state index in [9.17, 15) is 13.2 Å². The van der Waals surface area contributed by atoms with Crippen LogP contribution in [0.25, 0.3) is 0 Å². The molecule has 0 unspecified atom stereocenters. The average Bonchev–Trinajstić information content (AvgIpc) is 2.53. The summed E-state index contributed by atoms with van der Waals surface area (Å²) < 4.78 is 27.5. The molecule has 0 radical (unpaired) electrons. The number of carbonyl (C=O) groups excluding carboxylic acids is 1. The molecule has 7 heteroatoms. The highest BCUT2D eigenvalue weighted by Crippen LogP contribution is 2.17. The Balaban J connectivity index is 1.94. The van der Waals surface area contributed by atoms with Crippen molar-refractivity contribution in [1.82, 2.24) is 5.32 Å². The second-order valence-corrected chi connectivity index (χ2v) is 6.52. The van der Waals surface area contributed by atoms with Gasteiger partial charge in [-0.3, -0.25) is 4.79 Å². The summed E-state index contributed by atoms with van der Waals surface area (Å²) in [5, 5.41) is 7.81. The van der Waals surface area contributed by atoms with Gasteiger partial charge in [0.2, 0.25) is 15.9 Å². The Morgan fingerprint density at radius 1 is 1.13 bits per heavy atom. The summed E-state index contributed by atoms with van der Waals surface area (Å²) in [5.41, 5.74) is 1.59. The highest BCUT2D eigenvalue weighted by molar-refractivity contribution is 7.89. The number of nitrogens with two attached hydrogens (primary N) is 1.